The zero-order chi connectivity index (χ0) is 13.8. The third-order valence-electron chi connectivity index (χ3n) is 2.98. The van der Waals surface area contributed by atoms with Crippen molar-refractivity contribution in [2.45, 2.75) is 12.5 Å². The molecule has 0 bridgehead atoms. The number of nitrogens with two attached hydrogens (primary N) is 1. The molecule has 0 aromatic heterocycles. The molecule has 100 valence electrons. The Kier molecular flexibility index (Phi) is 4.69. The van der Waals surface area contributed by atoms with Crippen LogP contribution in [0.4, 0.5) is 4.39 Å². The van der Waals surface area contributed by atoms with E-state index in [-0.39, 0.29) is 5.56 Å². The molecular weight excluding hydrogens is 309 g/mol. The minimum absolute atomic E-state index is 0.265. The number of benzene rings is 2. The van der Waals surface area contributed by atoms with Gasteiger partial charge in [0.2, 0.25) is 0 Å². The molecule has 0 aliphatic carbocycles. The van der Waals surface area contributed by atoms with Crippen LogP contribution in [0.3, 0.4) is 0 Å². The highest BCUT2D eigenvalue weighted by atomic mass is 79.9. The van der Waals surface area contributed by atoms with Gasteiger partial charge in [-0.1, -0.05) is 40.2 Å². The van der Waals surface area contributed by atoms with Crippen LogP contribution in [0.5, 0.6) is 0 Å². The van der Waals surface area contributed by atoms with Crippen molar-refractivity contribution < 1.29 is 9.50 Å². The van der Waals surface area contributed by atoms with Crippen LogP contribution in [0, 0.1) is 5.82 Å². The van der Waals surface area contributed by atoms with E-state index in [0.29, 0.717) is 12.1 Å². The first-order valence-corrected chi connectivity index (χ1v) is 6.83. The van der Waals surface area contributed by atoms with Crippen LogP contribution in [0.25, 0.3) is 0 Å². The topological polar surface area (TPSA) is 46.2 Å². The molecule has 0 aliphatic rings. The molecule has 4 heteroatoms. The van der Waals surface area contributed by atoms with Gasteiger partial charge < -0.3 is 10.8 Å². The molecule has 0 radical (unpaired) electrons. The van der Waals surface area contributed by atoms with Gasteiger partial charge in [-0.3, -0.25) is 0 Å². The highest BCUT2D eigenvalue weighted by Gasteiger charge is 2.15. The maximum absolute atomic E-state index is 13.7. The van der Waals surface area contributed by atoms with Crippen molar-refractivity contribution in [3.05, 3.63) is 69.4 Å². The second kappa shape index (κ2) is 6.28. The number of rotatable bonds is 4. The van der Waals surface area contributed by atoms with Gasteiger partial charge in [0.05, 0.1) is 0 Å². The average molecular weight is 324 g/mol. The Hall–Kier alpha value is -1.23. The van der Waals surface area contributed by atoms with Gasteiger partial charge in [-0.15, -0.1) is 0 Å². The van der Waals surface area contributed by atoms with Gasteiger partial charge in [0, 0.05) is 10.0 Å². The van der Waals surface area contributed by atoms with Crippen molar-refractivity contribution in [3.8, 4) is 0 Å². The average Bonchev–Trinajstić information content (AvgIpc) is 2.42. The van der Waals surface area contributed by atoms with E-state index in [4.69, 9.17) is 5.73 Å². The predicted octanol–water partition coefficient (Wildman–Crippen LogP) is 3.17. The second-order valence-electron chi connectivity index (χ2n) is 4.35. The van der Waals surface area contributed by atoms with Crippen LogP contribution >= 0.6 is 15.9 Å². The van der Waals surface area contributed by atoms with Gasteiger partial charge in [-0.25, -0.2) is 4.39 Å². The quantitative estimate of drug-likeness (QED) is 0.907. The van der Waals surface area contributed by atoms with E-state index in [1.807, 2.05) is 12.1 Å². The summed E-state index contributed by atoms with van der Waals surface area (Å²) in [5.74, 6) is -0.415. The zero-order valence-electron chi connectivity index (χ0n) is 10.3. The Morgan fingerprint density at radius 2 is 1.84 bits per heavy atom. The largest absolute Gasteiger partial charge is 0.384 e. The van der Waals surface area contributed by atoms with E-state index in [1.165, 1.54) is 6.07 Å². The molecule has 0 heterocycles. The number of aliphatic hydroxyl groups is 1. The zero-order valence-corrected chi connectivity index (χ0v) is 11.9. The van der Waals surface area contributed by atoms with Gasteiger partial charge in [-0.05, 0) is 42.3 Å². The van der Waals surface area contributed by atoms with Gasteiger partial charge >= 0.3 is 0 Å². The van der Waals surface area contributed by atoms with Crippen molar-refractivity contribution in [3.63, 3.8) is 0 Å². The summed E-state index contributed by atoms with van der Waals surface area (Å²) in [6, 6.07) is 11.9. The van der Waals surface area contributed by atoms with Gasteiger partial charge in [-0.2, -0.15) is 0 Å². The van der Waals surface area contributed by atoms with Crippen LogP contribution in [0.15, 0.2) is 46.9 Å². The van der Waals surface area contributed by atoms with Crippen LogP contribution in [0.2, 0.25) is 0 Å². The summed E-state index contributed by atoms with van der Waals surface area (Å²) in [6.45, 7) is 0.585. The van der Waals surface area contributed by atoms with Crippen molar-refractivity contribution in [1.29, 1.82) is 0 Å². The highest BCUT2D eigenvalue weighted by molar-refractivity contribution is 9.10. The normalized spacial score (nSPS) is 12.4. The molecule has 0 saturated heterocycles. The Morgan fingerprint density at radius 1 is 1.16 bits per heavy atom. The molecule has 19 heavy (non-hydrogen) atoms. The third-order valence-corrected chi connectivity index (χ3v) is 3.47. The molecule has 0 saturated carbocycles. The molecule has 2 nitrogen and oxygen atoms in total. The Morgan fingerprint density at radius 3 is 2.47 bits per heavy atom. The molecule has 3 N–H and O–H groups in total. The van der Waals surface area contributed by atoms with Crippen LogP contribution in [-0.4, -0.2) is 11.7 Å². The summed E-state index contributed by atoms with van der Waals surface area (Å²) in [5, 5.41) is 10.2. The van der Waals surface area contributed by atoms with E-state index in [1.54, 1.807) is 24.3 Å². The highest BCUT2D eigenvalue weighted by Crippen LogP contribution is 2.27. The fourth-order valence-corrected chi connectivity index (χ4v) is 2.32. The standard InChI is InChI=1S/C15H15BrFNO/c16-12-5-6-14(17)13(9-12)15(19)11-3-1-10(2-4-11)7-8-18/h1-6,9,15,19H,7-8,18H2. The molecule has 0 fully saturated rings. The van der Waals surface area contributed by atoms with Crippen LogP contribution in [-0.2, 0) is 6.42 Å². The van der Waals surface area contributed by atoms with Crippen molar-refractivity contribution in [1.82, 2.24) is 0 Å². The monoisotopic (exact) mass is 323 g/mol. The molecule has 0 spiro atoms. The minimum Gasteiger partial charge on any atom is -0.384 e. The first-order valence-electron chi connectivity index (χ1n) is 6.03. The maximum atomic E-state index is 13.7. The van der Waals surface area contributed by atoms with Crippen molar-refractivity contribution in [2.75, 3.05) is 6.54 Å². The first-order chi connectivity index (χ1) is 9.11. The molecule has 2 aromatic carbocycles. The lowest BCUT2D eigenvalue weighted by Gasteiger charge is -2.13. The number of aliphatic hydroxyl groups excluding tert-OH is 1. The second-order valence-corrected chi connectivity index (χ2v) is 5.26. The minimum atomic E-state index is -0.968. The third kappa shape index (κ3) is 3.41. The summed E-state index contributed by atoms with van der Waals surface area (Å²) in [5.41, 5.74) is 7.52. The van der Waals surface area contributed by atoms with Crippen molar-refractivity contribution >= 4 is 15.9 Å². The van der Waals surface area contributed by atoms with Gasteiger partial charge in [0.1, 0.15) is 11.9 Å². The molecule has 2 aromatic rings. The molecule has 0 amide bonds. The Labute approximate surface area is 120 Å². The summed E-state index contributed by atoms with van der Waals surface area (Å²) >= 11 is 3.28. The van der Waals surface area contributed by atoms with Crippen LogP contribution < -0.4 is 5.73 Å². The molecular formula is C15H15BrFNO. The predicted molar refractivity (Wildman–Crippen MR) is 77.4 cm³/mol. The van der Waals surface area contributed by atoms with Gasteiger partial charge in [0.15, 0.2) is 0 Å². The van der Waals surface area contributed by atoms with E-state index in [0.717, 1.165) is 16.5 Å². The SMILES string of the molecule is NCCc1ccc(C(O)c2cc(Br)ccc2F)cc1. The van der Waals surface area contributed by atoms with Crippen LogP contribution in [0.1, 0.15) is 22.8 Å². The maximum Gasteiger partial charge on any atom is 0.129 e. The first kappa shape index (κ1) is 14.2. The van der Waals surface area contributed by atoms with E-state index in [2.05, 4.69) is 15.9 Å². The molecule has 0 aliphatic heterocycles. The van der Waals surface area contributed by atoms with E-state index in [9.17, 15) is 9.50 Å². The fourth-order valence-electron chi connectivity index (χ4n) is 1.94. The Balaban J connectivity index is 2.27. The lowest BCUT2D eigenvalue weighted by atomic mass is 9.99. The number of hydrogen-bond acceptors (Lipinski definition) is 2. The summed E-state index contributed by atoms with van der Waals surface area (Å²) in [4.78, 5) is 0. The van der Waals surface area contributed by atoms with Gasteiger partial charge in [0.25, 0.3) is 0 Å². The summed E-state index contributed by atoms with van der Waals surface area (Å²) in [6.07, 6.45) is -0.175. The van der Waals surface area contributed by atoms with E-state index < -0.39 is 11.9 Å². The summed E-state index contributed by atoms with van der Waals surface area (Å²) in [7, 11) is 0. The summed E-state index contributed by atoms with van der Waals surface area (Å²) < 4.78 is 14.4. The molecule has 1 atom stereocenters. The molecule has 1 unspecified atom stereocenters. The Bertz CT molecular complexity index is 557. The van der Waals surface area contributed by atoms with E-state index >= 15 is 0 Å². The molecule has 2 rings (SSSR count). The smallest absolute Gasteiger partial charge is 0.129 e. The number of hydrogen-bond donors (Lipinski definition) is 2. The lowest BCUT2D eigenvalue weighted by Crippen LogP contribution is -2.05. The number of halogens is 2. The fraction of sp³-hybridized carbons (Fsp3) is 0.200. The van der Waals surface area contributed by atoms with Crippen molar-refractivity contribution in [2.24, 2.45) is 5.73 Å². The lowest BCUT2D eigenvalue weighted by molar-refractivity contribution is 0.215.